The first-order valence-electron chi connectivity index (χ1n) is 5.67. The first kappa shape index (κ1) is 12.5. The van der Waals surface area contributed by atoms with Crippen molar-refractivity contribution in [1.29, 1.82) is 0 Å². The van der Waals surface area contributed by atoms with Crippen molar-refractivity contribution in [2.75, 3.05) is 13.2 Å². The summed E-state index contributed by atoms with van der Waals surface area (Å²) in [7, 11) is -3.51. The van der Waals surface area contributed by atoms with E-state index in [9.17, 15) is 13.5 Å². The normalized spacial score (nSPS) is 19.6. The van der Waals surface area contributed by atoms with Gasteiger partial charge in [-0.2, -0.15) is 5.10 Å². The highest BCUT2D eigenvalue weighted by Crippen LogP contribution is 2.37. The van der Waals surface area contributed by atoms with Gasteiger partial charge in [0.2, 0.25) is 10.0 Å². The number of nitrogens with one attached hydrogen (secondary N) is 2. The lowest BCUT2D eigenvalue weighted by Crippen LogP contribution is -2.38. The molecular formula is C10H17N3O3S. The second-order valence-corrected chi connectivity index (χ2v) is 6.39. The summed E-state index contributed by atoms with van der Waals surface area (Å²) in [4.78, 5) is 0.128. The number of sulfonamides is 1. The van der Waals surface area contributed by atoms with Gasteiger partial charge >= 0.3 is 0 Å². The molecule has 0 atom stereocenters. The molecule has 3 N–H and O–H groups in total. The average molecular weight is 259 g/mol. The van der Waals surface area contributed by atoms with Crippen molar-refractivity contribution < 1.29 is 13.5 Å². The Morgan fingerprint density at radius 2 is 2.18 bits per heavy atom. The van der Waals surface area contributed by atoms with E-state index in [-0.39, 0.29) is 23.5 Å². The quantitative estimate of drug-likeness (QED) is 0.706. The van der Waals surface area contributed by atoms with Gasteiger partial charge in [0.25, 0.3) is 0 Å². The van der Waals surface area contributed by atoms with Crippen molar-refractivity contribution in [3.05, 3.63) is 12.4 Å². The Morgan fingerprint density at radius 1 is 1.47 bits per heavy atom. The molecule has 0 bridgehead atoms. The molecule has 0 aromatic carbocycles. The molecule has 6 nitrogen and oxygen atoms in total. The number of aromatic nitrogens is 2. The number of aliphatic hydroxyl groups is 1. The summed E-state index contributed by atoms with van der Waals surface area (Å²) in [5.41, 5.74) is -0.281. The second-order valence-electron chi connectivity index (χ2n) is 4.62. The van der Waals surface area contributed by atoms with E-state index in [0.29, 0.717) is 0 Å². The highest BCUT2D eigenvalue weighted by atomic mass is 32.2. The Morgan fingerprint density at radius 3 is 2.71 bits per heavy atom. The number of H-pyrrole nitrogens is 1. The molecule has 0 amide bonds. The first-order valence-corrected chi connectivity index (χ1v) is 7.16. The zero-order valence-electron chi connectivity index (χ0n) is 9.52. The largest absolute Gasteiger partial charge is 0.396 e. The lowest BCUT2D eigenvalue weighted by molar-refractivity contribution is 0.134. The van der Waals surface area contributed by atoms with Gasteiger partial charge in [-0.25, -0.2) is 13.1 Å². The molecule has 1 aliphatic carbocycles. The summed E-state index contributed by atoms with van der Waals surface area (Å²) in [6.07, 6.45) is 6.45. The number of nitrogens with zero attached hydrogens (tertiary/aromatic N) is 1. The zero-order valence-corrected chi connectivity index (χ0v) is 10.3. The molecule has 1 fully saturated rings. The molecule has 1 heterocycles. The summed E-state index contributed by atoms with van der Waals surface area (Å²) < 4.78 is 26.3. The number of aromatic amines is 1. The van der Waals surface area contributed by atoms with Crippen LogP contribution in [-0.4, -0.2) is 36.9 Å². The van der Waals surface area contributed by atoms with Gasteiger partial charge in [-0.1, -0.05) is 12.8 Å². The van der Waals surface area contributed by atoms with E-state index in [1.165, 1.54) is 12.4 Å². The summed E-state index contributed by atoms with van der Waals surface area (Å²) in [6.45, 7) is 0.317. The van der Waals surface area contributed by atoms with Crippen LogP contribution >= 0.6 is 0 Å². The maximum Gasteiger partial charge on any atom is 0.243 e. The van der Waals surface area contributed by atoms with Gasteiger partial charge in [0.15, 0.2) is 0 Å². The molecule has 0 spiro atoms. The van der Waals surface area contributed by atoms with Crippen LogP contribution in [0.4, 0.5) is 0 Å². The summed E-state index contributed by atoms with van der Waals surface area (Å²) in [6, 6.07) is 0. The molecule has 2 rings (SSSR count). The fraction of sp³-hybridized carbons (Fsp3) is 0.700. The van der Waals surface area contributed by atoms with Gasteiger partial charge in [0.05, 0.1) is 6.20 Å². The van der Waals surface area contributed by atoms with E-state index in [1.54, 1.807) is 0 Å². The van der Waals surface area contributed by atoms with Gasteiger partial charge in [-0.15, -0.1) is 0 Å². The van der Waals surface area contributed by atoms with Crippen LogP contribution in [0.3, 0.4) is 0 Å². The van der Waals surface area contributed by atoms with Crippen LogP contribution in [0.15, 0.2) is 17.3 Å². The van der Waals surface area contributed by atoms with Gasteiger partial charge < -0.3 is 5.11 Å². The molecule has 17 heavy (non-hydrogen) atoms. The monoisotopic (exact) mass is 259 g/mol. The van der Waals surface area contributed by atoms with Crippen molar-refractivity contribution in [2.45, 2.75) is 30.6 Å². The van der Waals surface area contributed by atoms with E-state index in [2.05, 4.69) is 14.9 Å². The van der Waals surface area contributed by atoms with Crippen LogP contribution in [0, 0.1) is 5.41 Å². The number of hydrogen-bond acceptors (Lipinski definition) is 4. The summed E-state index contributed by atoms with van der Waals surface area (Å²) in [5.74, 6) is 0. The Kier molecular flexibility index (Phi) is 3.50. The second kappa shape index (κ2) is 4.75. The van der Waals surface area contributed by atoms with Crippen molar-refractivity contribution in [1.82, 2.24) is 14.9 Å². The molecule has 1 aromatic rings. The highest BCUT2D eigenvalue weighted by molar-refractivity contribution is 7.89. The van der Waals surface area contributed by atoms with Gasteiger partial charge in [0, 0.05) is 24.8 Å². The lowest BCUT2D eigenvalue weighted by Gasteiger charge is -2.26. The fourth-order valence-electron chi connectivity index (χ4n) is 2.23. The van der Waals surface area contributed by atoms with E-state index in [1.807, 2.05) is 0 Å². The molecular weight excluding hydrogens is 242 g/mol. The van der Waals surface area contributed by atoms with E-state index in [4.69, 9.17) is 0 Å². The summed E-state index contributed by atoms with van der Waals surface area (Å²) in [5, 5.41) is 15.5. The Balaban J connectivity index is 2.02. The van der Waals surface area contributed by atoms with Crippen LogP contribution in [0.1, 0.15) is 25.7 Å². The zero-order chi connectivity index (χ0) is 12.4. The van der Waals surface area contributed by atoms with Crippen molar-refractivity contribution in [2.24, 2.45) is 5.41 Å². The number of rotatable bonds is 5. The molecule has 0 radical (unpaired) electrons. The fourth-order valence-corrected chi connectivity index (χ4v) is 3.30. The molecule has 7 heteroatoms. The third-order valence-corrected chi connectivity index (χ3v) is 4.79. The Bertz CT molecular complexity index is 449. The average Bonchev–Trinajstić information content (AvgIpc) is 2.99. The molecule has 0 aliphatic heterocycles. The van der Waals surface area contributed by atoms with Crippen LogP contribution < -0.4 is 4.72 Å². The Labute approximate surface area is 100 Å². The standard InChI is InChI=1S/C10H17N3O3S/c14-8-10(3-1-2-4-10)7-13-17(15,16)9-5-11-12-6-9/h5-6,13-14H,1-4,7-8H2,(H,11,12). The minimum absolute atomic E-state index is 0.0287. The predicted octanol–water partition coefficient (Wildman–Crippen LogP) is 0.241. The van der Waals surface area contributed by atoms with E-state index >= 15 is 0 Å². The molecule has 96 valence electrons. The van der Waals surface area contributed by atoms with Crippen LogP contribution in [-0.2, 0) is 10.0 Å². The first-order chi connectivity index (χ1) is 8.08. The van der Waals surface area contributed by atoms with Crippen LogP contribution in [0.2, 0.25) is 0 Å². The minimum Gasteiger partial charge on any atom is -0.396 e. The van der Waals surface area contributed by atoms with Gasteiger partial charge in [-0.3, -0.25) is 5.10 Å². The maximum atomic E-state index is 11.9. The number of hydrogen-bond donors (Lipinski definition) is 3. The number of aliphatic hydroxyl groups excluding tert-OH is 1. The smallest absolute Gasteiger partial charge is 0.243 e. The molecule has 1 aromatic heterocycles. The van der Waals surface area contributed by atoms with Crippen molar-refractivity contribution >= 4 is 10.0 Å². The van der Waals surface area contributed by atoms with Crippen molar-refractivity contribution in [3.63, 3.8) is 0 Å². The third kappa shape index (κ3) is 2.67. The van der Waals surface area contributed by atoms with E-state index < -0.39 is 10.0 Å². The van der Waals surface area contributed by atoms with Crippen LogP contribution in [0.5, 0.6) is 0 Å². The van der Waals surface area contributed by atoms with E-state index in [0.717, 1.165) is 25.7 Å². The third-order valence-electron chi connectivity index (χ3n) is 3.42. The minimum atomic E-state index is -3.51. The maximum absolute atomic E-state index is 11.9. The molecule has 1 aliphatic rings. The Hall–Kier alpha value is -0.920. The molecule has 1 saturated carbocycles. The predicted molar refractivity (Wildman–Crippen MR) is 61.8 cm³/mol. The van der Waals surface area contributed by atoms with Crippen molar-refractivity contribution in [3.8, 4) is 0 Å². The molecule has 0 saturated heterocycles. The SMILES string of the molecule is O=S(=O)(NCC1(CO)CCCC1)c1cn[nH]c1. The van der Waals surface area contributed by atoms with Crippen LogP contribution in [0.25, 0.3) is 0 Å². The van der Waals surface area contributed by atoms with Gasteiger partial charge in [-0.05, 0) is 12.8 Å². The highest BCUT2D eigenvalue weighted by Gasteiger charge is 2.34. The topological polar surface area (TPSA) is 95.1 Å². The molecule has 0 unspecified atom stereocenters. The lowest BCUT2D eigenvalue weighted by atomic mass is 9.88. The summed E-state index contributed by atoms with van der Waals surface area (Å²) >= 11 is 0. The van der Waals surface area contributed by atoms with Gasteiger partial charge in [0.1, 0.15) is 4.90 Å².